The predicted molar refractivity (Wildman–Crippen MR) is 46.5 cm³/mol. The second-order valence-corrected chi connectivity index (χ2v) is 3.06. The maximum atomic E-state index is 2.31. The number of halogens is 1. The normalized spacial score (nSPS) is 9.33. The Bertz CT molecular complexity index is 246. The summed E-state index contributed by atoms with van der Waals surface area (Å²) in [5, 5.41) is 0. The van der Waals surface area contributed by atoms with Gasteiger partial charge in [-0.3, -0.25) is 0 Å². The second-order valence-electron chi connectivity index (χ2n) is 3.06. The van der Waals surface area contributed by atoms with E-state index in [9.17, 15) is 0 Å². The minimum atomic E-state index is 0. The summed E-state index contributed by atoms with van der Waals surface area (Å²) < 4.78 is 2.31. The molecule has 0 fully saturated rings. The van der Waals surface area contributed by atoms with E-state index in [0.29, 0.717) is 0 Å². The van der Waals surface area contributed by atoms with Crippen LogP contribution >= 0.6 is 0 Å². The Morgan fingerprint density at radius 1 is 1.08 bits per heavy atom. The first-order chi connectivity index (χ1) is 5.15. The molecule has 68 valence electrons. The molecular weight excluding hydrogens is 261 g/mol. The molecule has 0 aliphatic heterocycles. The van der Waals surface area contributed by atoms with Crippen molar-refractivity contribution in [3.8, 4) is 0 Å². The summed E-state index contributed by atoms with van der Waals surface area (Å²) in [7, 11) is 0. The topological polar surface area (TPSA) is 3.88 Å². The molecule has 0 radical (unpaired) electrons. The van der Waals surface area contributed by atoms with Crippen molar-refractivity contribution < 1.29 is 28.5 Å². The molecule has 0 saturated heterocycles. The lowest BCUT2D eigenvalue weighted by Crippen LogP contribution is -3.00. The number of rotatable bonds is 1. The standard InChI is InChI=1S/C10H16N.HI/c1-5-11-9(3)6-8(2)7-10(11)4;/h6-7H,5H2,1-4H3;1H/q+1;/p-1. The van der Waals surface area contributed by atoms with Crippen molar-refractivity contribution in [1.29, 1.82) is 0 Å². The average Bonchev–Trinajstić information content (AvgIpc) is 1.85. The fourth-order valence-corrected chi connectivity index (χ4v) is 1.63. The third-order valence-electron chi connectivity index (χ3n) is 2.04. The Balaban J connectivity index is 0.00000121. The number of aryl methyl sites for hydroxylation is 3. The molecule has 2 heteroatoms. The van der Waals surface area contributed by atoms with Crippen molar-refractivity contribution in [3.05, 3.63) is 29.1 Å². The zero-order valence-corrected chi connectivity index (χ0v) is 10.3. The van der Waals surface area contributed by atoms with Gasteiger partial charge >= 0.3 is 0 Å². The highest BCUT2D eigenvalue weighted by atomic mass is 127. The van der Waals surface area contributed by atoms with E-state index in [0.717, 1.165) is 6.54 Å². The summed E-state index contributed by atoms with van der Waals surface area (Å²) in [6.45, 7) is 9.69. The summed E-state index contributed by atoms with van der Waals surface area (Å²) >= 11 is 0. The number of nitrogens with zero attached hydrogens (tertiary/aromatic N) is 1. The smallest absolute Gasteiger partial charge is 0.178 e. The van der Waals surface area contributed by atoms with E-state index in [1.807, 2.05) is 0 Å². The molecule has 0 saturated carbocycles. The predicted octanol–water partition coefficient (Wildman–Crippen LogP) is -1.08. The van der Waals surface area contributed by atoms with Crippen LogP contribution in [-0.2, 0) is 6.54 Å². The van der Waals surface area contributed by atoms with Gasteiger partial charge in [-0.25, -0.2) is 4.57 Å². The van der Waals surface area contributed by atoms with Gasteiger partial charge in [-0.15, -0.1) is 0 Å². The summed E-state index contributed by atoms with van der Waals surface area (Å²) in [6, 6.07) is 4.44. The molecule has 1 nitrogen and oxygen atoms in total. The molecule has 1 aromatic heterocycles. The van der Waals surface area contributed by atoms with Gasteiger partial charge in [0.1, 0.15) is 6.54 Å². The lowest BCUT2D eigenvalue weighted by Gasteiger charge is -2.01. The van der Waals surface area contributed by atoms with E-state index >= 15 is 0 Å². The molecular formula is C10H16IN. The van der Waals surface area contributed by atoms with Gasteiger partial charge < -0.3 is 24.0 Å². The first-order valence-electron chi connectivity index (χ1n) is 4.13. The molecule has 0 amide bonds. The van der Waals surface area contributed by atoms with E-state index in [2.05, 4.69) is 44.4 Å². The summed E-state index contributed by atoms with van der Waals surface area (Å²) in [4.78, 5) is 0. The van der Waals surface area contributed by atoms with E-state index in [1.54, 1.807) is 0 Å². The fourth-order valence-electron chi connectivity index (χ4n) is 1.63. The molecule has 1 rings (SSSR count). The van der Waals surface area contributed by atoms with Crippen molar-refractivity contribution in [2.75, 3.05) is 0 Å². The summed E-state index contributed by atoms with van der Waals surface area (Å²) in [5.74, 6) is 0. The first-order valence-corrected chi connectivity index (χ1v) is 4.13. The van der Waals surface area contributed by atoms with Crippen LogP contribution in [0.15, 0.2) is 12.1 Å². The molecule has 0 spiro atoms. The Labute approximate surface area is 91.8 Å². The van der Waals surface area contributed by atoms with Crippen LogP contribution in [0.1, 0.15) is 23.9 Å². The molecule has 1 heterocycles. The Morgan fingerprint density at radius 2 is 1.50 bits per heavy atom. The summed E-state index contributed by atoms with van der Waals surface area (Å²) in [5.41, 5.74) is 4.06. The second kappa shape index (κ2) is 4.80. The van der Waals surface area contributed by atoms with E-state index in [4.69, 9.17) is 0 Å². The average molecular weight is 277 g/mol. The molecule has 0 bridgehead atoms. The SMILES string of the molecule is CC[n+]1c(C)cc(C)cc1C.[I-]. The van der Waals surface area contributed by atoms with Gasteiger partial charge in [-0.2, -0.15) is 0 Å². The van der Waals surface area contributed by atoms with Gasteiger partial charge in [0.05, 0.1) is 0 Å². The van der Waals surface area contributed by atoms with E-state index < -0.39 is 0 Å². The Morgan fingerprint density at radius 3 is 1.83 bits per heavy atom. The highest BCUT2D eigenvalue weighted by Crippen LogP contribution is 2.00. The fraction of sp³-hybridized carbons (Fsp3) is 0.500. The van der Waals surface area contributed by atoms with Crippen LogP contribution in [0.3, 0.4) is 0 Å². The van der Waals surface area contributed by atoms with Crippen molar-refractivity contribution in [2.45, 2.75) is 34.2 Å². The van der Waals surface area contributed by atoms with Gasteiger partial charge in [-0.1, -0.05) is 0 Å². The van der Waals surface area contributed by atoms with Crippen LogP contribution in [-0.4, -0.2) is 0 Å². The molecule has 1 aromatic rings. The molecule has 0 unspecified atom stereocenters. The molecule has 0 aromatic carbocycles. The molecule has 0 atom stereocenters. The molecule has 0 aliphatic carbocycles. The van der Waals surface area contributed by atoms with Crippen LogP contribution in [0, 0.1) is 20.8 Å². The van der Waals surface area contributed by atoms with Crippen LogP contribution < -0.4 is 28.5 Å². The summed E-state index contributed by atoms with van der Waals surface area (Å²) in [6.07, 6.45) is 0. The lowest BCUT2D eigenvalue weighted by atomic mass is 10.2. The highest BCUT2D eigenvalue weighted by Gasteiger charge is 2.07. The Hall–Kier alpha value is -0.120. The third kappa shape index (κ3) is 2.44. The number of pyridine rings is 1. The number of aromatic nitrogens is 1. The molecule has 0 N–H and O–H groups in total. The number of hydrogen-bond acceptors (Lipinski definition) is 0. The van der Waals surface area contributed by atoms with Crippen LogP contribution in [0.2, 0.25) is 0 Å². The number of hydrogen-bond donors (Lipinski definition) is 0. The van der Waals surface area contributed by atoms with Crippen molar-refractivity contribution in [2.24, 2.45) is 0 Å². The third-order valence-corrected chi connectivity index (χ3v) is 2.04. The van der Waals surface area contributed by atoms with Crippen molar-refractivity contribution >= 4 is 0 Å². The van der Waals surface area contributed by atoms with Crippen LogP contribution in [0.5, 0.6) is 0 Å². The monoisotopic (exact) mass is 277 g/mol. The first kappa shape index (κ1) is 11.9. The van der Waals surface area contributed by atoms with Crippen molar-refractivity contribution in [3.63, 3.8) is 0 Å². The lowest BCUT2D eigenvalue weighted by molar-refractivity contribution is -0.705. The van der Waals surface area contributed by atoms with E-state index in [-0.39, 0.29) is 24.0 Å². The minimum absolute atomic E-state index is 0. The van der Waals surface area contributed by atoms with Gasteiger partial charge in [0.15, 0.2) is 11.4 Å². The zero-order chi connectivity index (χ0) is 8.43. The largest absolute Gasteiger partial charge is 1.00 e. The zero-order valence-electron chi connectivity index (χ0n) is 8.19. The molecule has 0 aliphatic rings. The van der Waals surface area contributed by atoms with Gasteiger partial charge in [-0.05, 0) is 19.4 Å². The van der Waals surface area contributed by atoms with Crippen molar-refractivity contribution in [1.82, 2.24) is 0 Å². The van der Waals surface area contributed by atoms with Crippen LogP contribution in [0.25, 0.3) is 0 Å². The highest BCUT2D eigenvalue weighted by molar-refractivity contribution is 5.13. The maximum absolute atomic E-state index is 2.31. The van der Waals surface area contributed by atoms with Gasteiger partial charge in [0, 0.05) is 26.0 Å². The molecule has 12 heavy (non-hydrogen) atoms. The van der Waals surface area contributed by atoms with Gasteiger partial charge in [0.25, 0.3) is 0 Å². The minimum Gasteiger partial charge on any atom is -1.00 e. The van der Waals surface area contributed by atoms with Crippen LogP contribution in [0.4, 0.5) is 0 Å². The van der Waals surface area contributed by atoms with E-state index in [1.165, 1.54) is 17.0 Å². The quantitative estimate of drug-likeness (QED) is 0.454. The van der Waals surface area contributed by atoms with Gasteiger partial charge in [0.2, 0.25) is 0 Å². The Kier molecular flexibility index (Phi) is 4.75. The maximum Gasteiger partial charge on any atom is 0.178 e.